The molecule has 4 aromatic rings. The number of nitrogens with zero attached hydrogens (tertiary/aromatic N) is 3. The van der Waals surface area contributed by atoms with Gasteiger partial charge < -0.3 is 10.1 Å². The van der Waals surface area contributed by atoms with Gasteiger partial charge in [-0.2, -0.15) is 5.10 Å². The molecule has 1 atom stereocenters. The molecule has 38 heavy (non-hydrogen) atoms. The molecule has 0 fully saturated rings. The summed E-state index contributed by atoms with van der Waals surface area (Å²) >= 11 is 9.52. The Morgan fingerprint density at radius 2 is 2.03 bits per heavy atom. The van der Waals surface area contributed by atoms with Crippen molar-refractivity contribution in [3.05, 3.63) is 87.8 Å². The van der Waals surface area contributed by atoms with Gasteiger partial charge in [0.2, 0.25) is 11.8 Å². The van der Waals surface area contributed by atoms with Crippen LogP contribution >= 0.6 is 34.7 Å². The maximum Gasteiger partial charge on any atom is 0.240 e. The Labute approximate surface area is 234 Å². The molecule has 7 nitrogen and oxygen atoms in total. The smallest absolute Gasteiger partial charge is 0.240 e. The molecule has 1 N–H and O–H groups in total. The fourth-order valence-electron chi connectivity index (χ4n) is 4.51. The summed E-state index contributed by atoms with van der Waals surface area (Å²) in [6, 6.07) is 19.6. The van der Waals surface area contributed by atoms with Crippen LogP contribution < -0.4 is 10.2 Å². The van der Waals surface area contributed by atoms with Gasteiger partial charge in [0.05, 0.1) is 28.2 Å². The molecule has 3 heterocycles. The molecular weight excluding hydrogens is 540 g/mol. The number of carbonyl (C=O) groups excluding carboxylic acids is 2. The molecule has 0 aliphatic carbocycles. The monoisotopic (exact) mass is 566 g/mol. The number of ether oxygens (including phenoxy) is 1. The van der Waals surface area contributed by atoms with Crippen molar-refractivity contribution in [1.29, 1.82) is 0 Å². The van der Waals surface area contributed by atoms with E-state index in [1.165, 1.54) is 11.8 Å². The normalized spacial score (nSPS) is 15.3. The van der Waals surface area contributed by atoms with Crippen molar-refractivity contribution in [1.82, 2.24) is 15.1 Å². The summed E-state index contributed by atoms with van der Waals surface area (Å²) in [4.78, 5) is 29.2. The number of aromatic nitrogens is 2. The van der Waals surface area contributed by atoms with Gasteiger partial charge in [-0.1, -0.05) is 48.0 Å². The Balaban J connectivity index is 1.75. The highest BCUT2D eigenvalue weighted by Crippen LogP contribution is 2.49. The Kier molecular flexibility index (Phi) is 8.18. The van der Waals surface area contributed by atoms with Crippen molar-refractivity contribution in [2.45, 2.75) is 12.2 Å². The predicted molar refractivity (Wildman–Crippen MR) is 155 cm³/mol. The first kappa shape index (κ1) is 26.5. The van der Waals surface area contributed by atoms with Crippen LogP contribution in [0.2, 0.25) is 5.02 Å². The van der Waals surface area contributed by atoms with Gasteiger partial charge in [0.25, 0.3) is 0 Å². The molecule has 196 valence electrons. The molecule has 0 spiro atoms. The number of amides is 2. The number of hydrogen-bond donors (Lipinski definition) is 1. The second-order valence-electron chi connectivity index (χ2n) is 8.83. The zero-order chi connectivity index (χ0) is 26.6. The highest BCUT2D eigenvalue weighted by molar-refractivity contribution is 8.00. The van der Waals surface area contributed by atoms with Crippen molar-refractivity contribution >= 4 is 52.3 Å². The Bertz CT molecular complexity index is 1450. The SMILES string of the molecule is COCCNC(=O)CN1C(=O)CS[C@H](c2cccc(Cl)c2)c2c(-c3cccs3)nn(-c3ccccc3C)c21. The van der Waals surface area contributed by atoms with Crippen LogP contribution in [0.1, 0.15) is 21.9 Å². The van der Waals surface area contributed by atoms with Crippen LogP contribution in [0.25, 0.3) is 16.3 Å². The molecular formula is C28H27ClN4O3S2. The number of anilines is 1. The number of hydrogen-bond acceptors (Lipinski definition) is 6. The lowest BCUT2D eigenvalue weighted by atomic mass is 10.0. The quantitative estimate of drug-likeness (QED) is 0.285. The lowest BCUT2D eigenvalue weighted by molar-refractivity contribution is -0.123. The van der Waals surface area contributed by atoms with E-state index in [2.05, 4.69) is 5.32 Å². The number of thiophene rings is 1. The van der Waals surface area contributed by atoms with E-state index in [9.17, 15) is 9.59 Å². The van der Waals surface area contributed by atoms with Crippen molar-refractivity contribution < 1.29 is 14.3 Å². The first-order chi connectivity index (χ1) is 18.5. The zero-order valence-corrected chi connectivity index (χ0v) is 23.4. The third-order valence-corrected chi connectivity index (χ3v) is 8.64. The summed E-state index contributed by atoms with van der Waals surface area (Å²) in [5, 5.41) is 10.4. The maximum atomic E-state index is 13.7. The maximum absolute atomic E-state index is 13.7. The number of benzene rings is 2. The molecule has 1 aliphatic heterocycles. The number of fused-ring (bicyclic) bond motifs is 1. The number of carbonyl (C=O) groups is 2. The van der Waals surface area contributed by atoms with Crippen LogP contribution in [0.3, 0.4) is 0 Å². The van der Waals surface area contributed by atoms with Crippen LogP contribution in [0.4, 0.5) is 5.82 Å². The van der Waals surface area contributed by atoms with Crippen LogP contribution in [0.15, 0.2) is 66.0 Å². The average molecular weight is 567 g/mol. The van der Waals surface area contributed by atoms with Gasteiger partial charge in [-0.15, -0.1) is 23.1 Å². The van der Waals surface area contributed by atoms with Crippen molar-refractivity contribution in [2.75, 3.05) is 37.5 Å². The number of methoxy groups -OCH3 is 1. The van der Waals surface area contributed by atoms with E-state index in [0.29, 0.717) is 24.0 Å². The molecule has 0 saturated carbocycles. The third-order valence-electron chi connectivity index (χ3n) is 6.27. The summed E-state index contributed by atoms with van der Waals surface area (Å²) in [7, 11) is 1.58. The van der Waals surface area contributed by atoms with Crippen LogP contribution in [-0.4, -0.2) is 54.2 Å². The largest absolute Gasteiger partial charge is 0.383 e. The molecule has 0 saturated heterocycles. The van der Waals surface area contributed by atoms with E-state index in [1.807, 2.05) is 77.6 Å². The van der Waals surface area contributed by atoms with E-state index in [-0.39, 0.29) is 29.4 Å². The van der Waals surface area contributed by atoms with Gasteiger partial charge in [-0.05, 0) is 47.7 Å². The molecule has 2 aromatic heterocycles. The van der Waals surface area contributed by atoms with Gasteiger partial charge in [0.1, 0.15) is 18.1 Å². The summed E-state index contributed by atoms with van der Waals surface area (Å²) in [6.45, 7) is 2.64. The van der Waals surface area contributed by atoms with E-state index in [1.54, 1.807) is 23.3 Å². The van der Waals surface area contributed by atoms with Gasteiger partial charge in [0, 0.05) is 24.2 Å². The molecule has 5 rings (SSSR count). The average Bonchev–Trinajstić information content (AvgIpc) is 3.54. The second-order valence-corrected chi connectivity index (χ2v) is 11.3. The minimum Gasteiger partial charge on any atom is -0.383 e. The Hall–Kier alpha value is -3.11. The van der Waals surface area contributed by atoms with Crippen molar-refractivity contribution in [2.24, 2.45) is 0 Å². The number of para-hydroxylation sites is 1. The van der Waals surface area contributed by atoms with E-state index < -0.39 is 0 Å². The summed E-state index contributed by atoms with van der Waals surface area (Å²) in [6.07, 6.45) is 0. The van der Waals surface area contributed by atoms with Gasteiger partial charge in [-0.3, -0.25) is 14.5 Å². The number of nitrogens with one attached hydrogen (secondary N) is 1. The third kappa shape index (κ3) is 5.37. The molecule has 0 unspecified atom stereocenters. The van der Waals surface area contributed by atoms with Crippen LogP contribution in [0.5, 0.6) is 0 Å². The molecule has 2 aromatic carbocycles. The van der Waals surface area contributed by atoms with Crippen molar-refractivity contribution in [3.63, 3.8) is 0 Å². The van der Waals surface area contributed by atoms with Gasteiger partial charge in [0.15, 0.2) is 0 Å². The second kappa shape index (κ2) is 11.7. The van der Waals surface area contributed by atoms with Crippen LogP contribution in [-0.2, 0) is 14.3 Å². The minimum atomic E-state index is -0.261. The first-order valence-corrected chi connectivity index (χ1v) is 14.4. The van der Waals surface area contributed by atoms with E-state index in [4.69, 9.17) is 21.4 Å². The predicted octanol–water partition coefficient (Wildman–Crippen LogP) is 5.49. The molecule has 0 radical (unpaired) electrons. The Morgan fingerprint density at radius 1 is 1.18 bits per heavy atom. The zero-order valence-electron chi connectivity index (χ0n) is 21.0. The highest BCUT2D eigenvalue weighted by Gasteiger charge is 2.38. The lowest BCUT2D eigenvalue weighted by Crippen LogP contribution is -2.43. The highest BCUT2D eigenvalue weighted by atomic mass is 35.5. The summed E-state index contributed by atoms with van der Waals surface area (Å²) in [5.74, 6) is 0.386. The van der Waals surface area contributed by atoms with Gasteiger partial charge in [-0.25, -0.2) is 4.68 Å². The van der Waals surface area contributed by atoms with E-state index in [0.717, 1.165) is 32.9 Å². The number of aryl methyl sites for hydroxylation is 1. The fourth-order valence-corrected chi connectivity index (χ4v) is 6.62. The summed E-state index contributed by atoms with van der Waals surface area (Å²) < 4.78 is 6.89. The molecule has 1 aliphatic rings. The number of halogens is 1. The van der Waals surface area contributed by atoms with Gasteiger partial charge >= 0.3 is 0 Å². The van der Waals surface area contributed by atoms with Crippen LogP contribution in [0, 0.1) is 6.92 Å². The number of thioether (sulfide) groups is 1. The Morgan fingerprint density at radius 3 is 2.76 bits per heavy atom. The molecule has 2 amide bonds. The minimum absolute atomic E-state index is 0.125. The molecule has 0 bridgehead atoms. The van der Waals surface area contributed by atoms with E-state index >= 15 is 0 Å². The first-order valence-electron chi connectivity index (χ1n) is 12.1. The topological polar surface area (TPSA) is 76.5 Å². The van der Waals surface area contributed by atoms with Crippen molar-refractivity contribution in [3.8, 4) is 16.3 Å². The number of rotatable bonds is 8. The fraction of sp³-hybridized carbons (Fsp3) is 0.250. The molecule has 10 heteroatoms. The standard InChI is InChI=1S/C28H27ClN4O3S2/c1-18-7-3-4-10-21(18)33-28-25(26(31-33)22-11-6-14-37-22)27(19-8-5-9-20(29)15-19)38-17-24(35)32(28)16-23(34)30-12-13-36-2/h3-11,14-15,27H,12-13,16-17H2,1-2H3,(H,30,34)/t27-/m1/s1. The summed E-state index contributed by atoms with van der Waals surface area (Å²) in [5.41, 5.74) is 4.50. The lowest BCUT2D eigenvalue weighted by Gasteiger charge is -2.23.